The van der Waals surface area contributed by atoms with Crippen molar-refractivity contribution in [3.63, 3.8) is 0 Å². The molecule has 0 heterocycles. The van der Waals surface area contributed by atoms with Crippen LogP contribution in [-0.2, 0) is 11.3 Å². The van der Waals surface area contributed by atoms with E-state index in [-0.39, 0.29) is 17.0 Å². The number of hydrogen-bond donors (Lipinski definition) is 3. The van der Waals surface area contributed by atoms with E-state index in [0.29, 0.717) is 6.54 Å². The van der Waals surface area contributed by atoms with Gasteiger partial charge in [-0.05, 0) is 29.8 Å². The largest absolute Gasteiger partial charge is 0.506 e. The third kappa shape index (κ3) is 4.52. The van der Waals surface area contributed by atoms with Gasteiger partial charge in [0.25, 0.3) is 5.91 Å². The number of hydrogen-bond acceptors (Lipinski definition) is 5. The maximum Gasteiger partial charge on any atom is 0.267 e. The maximum atomic E-state index is 12.1. The van der Waals surface area contributed by atoms with Crippen molar-refractivity contribution in [2.24, 2.45) is 0 Å². The minimum absolute atomic E-state index is 0.0625. The van der Waals surface area contributed by atoms with Crippen molar-refractivity contribution in [2.75, 3.05) is 12.4 Å². The van der Waals surface area contributed by atoms with Crippen molar-refractivity contribution < 1.29 is 14.6 Å². The molecule has 2 aromatic rings. The summed E-state index contributed by atoms with van der Waals surface area (Å²) in [5.74, 6) is 0.0701. The molecule has 122 valence electrons. The van der Waals surface area contributed by atoms with Crippen LogP contribution in [0.15, 0.2) is 60.3 Å². The summed E-state index contributed by atoms with van der Waals surface area (Å²) in [6.45, 7) is 0.437. The first kappa shape index (κ1) is 16.9. The van der Waals surface area contributed by atoms with Gasteiger partial charge in [-0.25, -0.2) is 0 Å². The van der Waals surface area contributed by atoms with Crippen molar-refractivity contribution in [1.82, 2.24) is 5.32 Å². The van der Waals surface area contributed by atoms with Crippen LogP contribution in [0.25, 0.3) is 0 Å². The lowest BCUT2D eigenvalue weighted by atomic mass is 10.2. The number of aromatic hydroxyl groups is 1. The van der Waals surface area contributed by atoms with Crippen LogP contribution in [0.2, 0.25) is 0 Å². The quantitative estimate of drug-likeness (QED) is 0.431. The van der Waals surface area contributed by atoms with Crippen LogP contribution in [0.4, 0.5) is 5.69 Å². The van der Waals surface area contributed by atoms with E-state index in [4.69, 9.17) is 10.00 Å². The lowest BCUT2D eigenvalue weighted by Crippen LogP contribution is -2.16. The van der Waals surface area contributed by atoms with Crippen molar-refractivity contribution in [2.45, 2.75) is 6.54 Å². The predicted octanol–water partition coefficient (Wildman–Crippen LogP) is 2.54. The van der Waals surface area contributed by atoms with Crippen molar-refractivity contribution in [3.05, 3.63) is 65.9 Å². The Morgan fingerprint density at radius 2 is 2.08 bits per heavy atom. The third-order valence-corrected chi connectivity index (χ3v) is 3.20. The van der Waals surface area contributed by atoms with Crippen LogP contribution >= 0.6 is 0 Å². The fourth-order valence-corrected chi connectivity index (χ4v) is 1.97. The van der Waals surface area contributed by atoms with Gasteiger partial charge in [-0.15, -0.1) is 0 Å². The standard InChI is InChI=1S/C18H17N3O3/c1-24-15-6-4-5-13(9-15)11-20-12-14(10-19)18(23)21-16-7-2-3-8-17(16)22/h2-9,12,20,22H,11H2,1H3,(H,21,23)/b14-12-. The summed E-state index contributed by atoms with van der Waals surface area (Å²) in [5, 5.41) is 24.2. The van der Waals surface area contributed by atoms with Crippen LogP contribution in [-0.4, -0.2) is 18.1 Å². The lowest BCUT2D eigenvalue weighted by Gasteiger charge is -2.07. The number of nitrogens with one attached hydrogen (secondary N) is 2. The molecule has 0 aliphatic heterocycles. The topological polar surface area (TPSA) is 94.4 Å². The molecule has 0 saturated carbocycles. The van der Waals surface area contributed by atoms with Gasteiger partial charge in [0.2, 0.25) is 0 Å². The number of para-hydroxylation sites is 2. The molecule has 0 fully saturated rings. The highest BCUT2D eigenvalue weighted by molar-refractivity contribution is 6.07. The fraction of sp³-hybridized carbons (Fsp3) is 0.111. The molecular formula is C18H17N3O3. The molecule has 0 atom stereocenters. The summed E-state index contributed by atoms with van der Waals surface area (Å²) >= 11 is 0. The monoisotopic (exact) mass is 323 g/mol. The number of rotatable bonds is 6. The molecule has 1 amide bonds. The average Bonchev–Trinajstić information content (AvgIpc) is 2.61. The number of nitrogens with zero attached hydrogens (tertiary/aromatic N) is 1. The van der Waals surface area contributed by atoms with Crippen LogP contribution in [0.3, 0.4) is 0 Å². The average molecular weight is 323 g/mol. The van der Waals surface area contributed by atoms with Crippen molar-refractivity contribution in [1.29, 1.82) is 5.26 Å². The van der Waals surface area contributed by atoms with E-state index in [1.807, 2.05) is 30.3 Å². The van der Waals surface area contributed by atoms with Crippen LogP contribution < -0.4 is 15.4 Å². The second-order valence-electron chi connectivity index (χ2n) is 4.87. The number of carbonyl (C=O) groups excluding carboxylic acids is 1. The first-order valence-corrected chi connectivity index (χ1v) is 7.20. The van der Waals surface area contributed by atoms with Crippen molar-refractivity contribution >= 4 is 11.6 Å². The van der Waals surface area contributed by atoms with E-state index in [1.165, 1.54) is 12.3 Å². The third-order valence-electron chi connectivity index (χ3n) is 3.20. The number of ether oxygens (including phenoxy) is 1. The van der Waals surface area contributed by atoms with Gasteiger partial charge in [-0.2, -0.15) is 5.26 Å². The number of methoxy groups -OCH3 is 1. The summed E-state index contributed by atoms with van der Waals surface area (Å²) in [6, 6.07) is 15.6. The van der Waals surface area contributed by atoms with Crippen LogP contribution in [0, 0.1) is 11.3 Å². The molecular weight excluding hydrogens is 306 g/mol. The van der Waals surface area contributed by atoms with Crippen LogP contribution in [0.5, 0.6) is 11.5 Å². The maximum absolute atomic E-state index is 12.1. The Bertz CT molecular complexity index is 794. The lowest BCUT2D eigenvalue weighted by molar-refractivity contribution is -0.112. The highest BCUT2D eigenvalue weighted by Crippen LogP contribution is 2.21. The summed E-state index contributed by atoms with van der Waals surface area (Å²) in [4.78, 5) is 12.1. The van der Waals surface area contributed by atoms with Gasteiger partial charge in [0.1, 0.15) is 23.1 Å². The second-order valence-corrected chi connectivity index (χ2v) is 4.87. The Labute approximate surface area is 140 Å². The highest BCUT2D eigenvalue weighted by atomic mass is 16.5. The van der Waals surface area contributed by atoms with Gasteiger partial charge in [0.15, 0.2) is 0 Å². The molecule has 6 nitrogen and oxygen atoms in total. The summed E-state index contributed by atoms with van der Waals surface area (Å²) in [5.41, 5.74) is 1.10. The van der Waals surface area contributed by atoms with E-state index in [0.717, 1.165) is 11.3 Å². The van der Waals surface area contributed by atoms with Crippen LogP contribution in [0.1, 0.15) is 5.56 Å². The zero-order valence-electron chi connectivity index (χ0n) is 13.1. The van der Waals surface area contributed by atoms with E-state index in [9.17, 15) is 9.90 Å². The highest BCUT2D eigenvalue weighted by Gasteiger charge is 2.11. The molecule has 0 aliphatic rings. The Morgan fingerprint density at radius 3 is 2.79 bits per heavy atom. The molecule has 6 heteroatoms. The Hall–Kier alpha value is -3.46. The smallest absolute Gasteiger partial charge is 0.267 e. The number of carbonyl (C=O) groups is 1. The van der Waals surface area contributed by atoms with E-state index < -0.39 is 5.91 Å². The normalized spacial score (nSPS) is 10.6. The second kappa shape index (κ2) is 8.25. The molecule has 0 aliphatic carbocycles. The van der Waals surface area contributed by atoms with Gasteiger partial charge >= 0.3 is 0 Å². The SMILES string of the molecule is COc1cccc(CN/C=C(/C#N)C(=O)Nc2ccccc2O)c1. The number of amides is 1. The molecule has 0 saturated heterocycles. The number of phenols is 1. The molecule has 0 unspecified atom stereocenters. The van der Waals surface area contributed by atoms with Gasteiger partial charge in [0, 0.05) is 12.7 Å². The number of phenolic OH excluding ortho intramolecular Hbond substituents is 1. The van der Waals surface area contributed by atoms with Crippen molar-refractivity contribution in [3.8, 4) is 17.6 Å². The summed E-state index contributed by atoms with van der Waals surface area (Å²) in [6.07, 6.45) is 1.34. The van der Waals surface area contributed by atoms with Gasteiger partial charge in [0.05, 0.1) is 12.8 Å². The number of nitriles is 1. The summed E-state index contributed by atoms with van der Waals surface area (Å²) < 4.78 is 5.14. The molecule has 0 aromatic heterocycles. The fourth-order valence-electron chi connectivity index (χ4n) is 1.97. The Kier molecular flexibility index (Phi) is 5.81. The van der Waals surface area contributed by atoms with Gasteiger partial charge in [-0.1, -0.05) is 24.3 Å². The molecule has 3 N–H and O–H groups in total. The first-order chi connectivity index (χ1) is 11.6. The molecule has 0 radical (unpaired) electrons. The Morgan fingerprint density at radius 1 is 1.29 bits per heavy atom. The molecule has 2 rings (SSSR count). The first-order valence-electron chi connectivity index (χ1n) is 7.20. The molecule has 24 heavy (non-hydrogen) atoms. The number of anilines is 1. The van der Waals surface area contributed by atoms with E-state index in [2.05, 4.69) is 10.6 Å². The molecule has 0 spiro atoms. The number of benzene rings is 2. The summed E-state index contributed by atoms with van der Waals surface area (Å²) in [7, 11) is 1.59. The van der Waals surface area contributed by atoms with Gasteiger partial charge in [-0.3, -0.25) is 4.79 Å². The van der Waals surface area contributed by atoms with Gasteiger partial charge < -0.3 is 20.5 Å². The zero-order chi connectivity index (χ0) is 17.4. The zero-order valence-corrected chi connectivity index (χ0v) is 13.1. The van der Waals surface area contributed by atoms with E-state index >= 15 is 0 Å². The molecule has 0 bridgehead atoms. The Balaban J connectivity index is 1.99. The molecule has 2 aromatic carbocycles. The minimum Gasteiger partial charge on any atom is -0.506 e. The minimum atomic E-state index is -0.600. The predicted molar refractivity (Wildman–Crippen MR) is 90.3 cm³/mol. The van der Waals surface area contributed by atoms with E-state index in [1.54, 1.807) is 25.3 Å².